The molecule has 2 aliphatic heterocycles. The molecule has 0 bridgehead atoms. The van der Waals surface area contributed by atoms with Gasteiger partial charge in [0.1, 0.15) is 6.04 Å². The van der Waals surface area contributed by atoms with Crippen molar-refractivity contribution in [1.82, 2.24) is 10.2 Å². The Hall–Kier alpha value is -3.71. The number of fused-ring (bicyclic) bond motifs is 1. The first-order valence-corrected chi connectivity index (χ1v) is 16.3. The summed E-state index contributed by atoms with van der Waals surface area (Å²) in [5.41, 5.74) is 9.04. The molecule has 1 saturated heterocycles. The largest absolute Gasteiger partial charge is 0.382 e. The van der Waals surface area contributed by atoms with Crippen LogP contribution in [0.15, 0.2) is 23.3 Å². The predicted molar refractivity (Wildman–Crippen MR) is 172 cm³/mol. The van der Waals surface area contributed by atoms with Crippen molar-refractivity contribution >= 4 is 29.3 Å². The molecule has 0 aromatic heterocycles. The smallest absolute Gasteiger partial charge is 0.264 e. The number of amides is 4. The minimum atomic E-state index is -1.01. The summed E-state index contributed by atoms with van der Waals surface area (Å²) in [6, 6.07) is 3.89. The zero-order valence-corrected chi connectivity index (χ0v) is 27.6. The number of benzene rings is 1. The van der Waals surface area contributed by atoms with Crippen LogP contribution in [0, 0.1) is 0 Å². The molecule has 1 atom stereocenters. The van der Waals surface area contributed by atoms with Crippen molar-refractivity contribution in [2.45, 2.75) is 18.9 Å². The lowest BCUT2D eigenvalue weighted by molar-refractivity contribution is -0.136. The summed E-state index contributed by atoms with van der Waals surface area (Å²) >= 11 is 0. The Morgan fingerprint density at radius 3 is 1.69 bits per heavy atom. The molecule has 0 spiro atoms. The lowest BCUT2D eigenvalue weighted by Crippen LogP contribution is -2.54. The van der Waals surface area contributed by atoms with Gasteiger partial charge in [-0.1, -0.05) is 11.2 Å². The van der Waals surface area contributed by atoms with Gasteiger partial charge in [-0.25, -0.2) is 0 Å². The summed E-state index contributed by atoms with van der Waals surface area (Å²) < 4.78 is 43.4. The normalized spacial score (nSPS) is 15.8. The van der Waals surface area contributed by atoms with Gasteiger partial charge in [0, 0.05) is 30.1 Å². The van der Waals surface area contributed by atoms with Crippen molar-refractivity contribution in [3.63, 3.8) is 0 Å². The molecule has 0 aliphatic carbocycles. The molecule has 1 aromatic carbocycles. The van der Waals surface area contributed by atoms with E-state index in [9.17, 15) is 19.2 Å². The van der Waals surface area contributed by atoms with Gasteiger partial charge in [0.2, 0.25) is 11.8 Å². The van der Waals surface area contributed by atoms with Gasteiger partial charge < -0.3 is 43.2 Å². The fourth-order valence-corrected chi connectivity index (χ4v) is 4.71. The first-order valence-electron chi connectivity index (χ1n) is 16.3. The van der Waals surface area contributed by atoms with Crippen LogP contribution in [-0.2, 0) is 47.5 Å². The highest BCUT2D eigenvalue weighted by molar-refractivity contribution is 6.25. The molecule has 3 rings (SSSR count). The summed E-state index contributed by atoms with van der Waals surface area (Å²) in [6.07, 6.45) is 0.167. The van der Waals surface area contributed by atoms with Crippen molar-refractivity contribution in [3.8, 4) is 0 Å². The summed E-state index contributed by atoms with van der Waals surface area (Å²) in [5, 5.41) is 8.68. The number of anilines is 1. The average molecular weight is 695 g/mol. The minimum absolute atomic E-state index is 0.0646. The highest BCUT2D eigenvalue weighted by atomic mass is 16.6. The number of rotatable bonds is 29. The van der Waals surface area contributed by atoms with Crippen molar-refractivity contribution in [1.29, 1.82) is 0 Å². The Kier molecular flexibility index (Phi) is 19.8. The highest BCUT2D eigenvalue weighted by Crippen LogP contribution is 2.32. The fraction of sp³-hybridized carbons (Fsp3) is 0.677. The zero-order valence-electron chi connectivity index (χ0n) is 27.6. The molecular weight excluding hydrogens is 648 g/mol. The van der Waals surface area contributed by atoms with E-state index in [1.165, 1.54) is 0 Å². The molecule has 272 valence electrons. The van der Waals surface area contributed by atoms with E-state index in [0.717, 1.165) is 4.90 Å². The highest BCUT2D eigenvalue weighted by Gasteiger charge is 2.45. The van der Waals surface area contributed by atoms with Crippen LogP contribution < -0.4 is 10.6 Å². The molecule has 0 saturated carbocycles. The summed E-state index contributed by atoms with van der Waals surface area (Å²) in [7, 11) is 0. The second-order valence-electron chi connectivity index (χ2n) is 10.5. The molecule has 2 N–H and O–H groups in total. The van der Waals surface area contributed by atoms with Crippen LogP contribution in [0.25, 0.3) is 10.4 Å². The Bertz CT molecular complexity index is 1230. The maximum absolute atomic E-state index is 13.1. The van der Waals surface area contributed by atoms with E-state index in [4.69, 9.17) is 43.4 Å². The Labute approximate surface area is 284 Å². The number of nitrogens with one attached hydrogen (secondary N) is 2. The van der Waals surface area contributed by atoms with Crippen LogP contribution >= 0.6 is 0 Å². The molecule has 1 fully saturated rings. The second kappa shape index (κ2) is 24.4. The summed E-state index contributed by atoms with van der Waals surface area (Å²) in [4.78, 5) is 53.4. The van der Waals surface area contributed by atoms with Crippen LogP contribution in [0.5, 0.6) is 0 Å². The number of imide groups is 2. The third-order valence-corrected chi connectivity index (χ3v) is 7.03. The maximum atomic E-state index is 13.1. The monoisotopic (exact) mass is 694 g/mol. The number of azide groups is 1. The van der Waals surface area contributed by atoms with Gasteiger partial charge in [0.15, 0.2) is 0 Å². The topological polar surface area (TPSA) is 218 Å². The van der Waals surface area contributed by atoms with Crippen LogP contribution in [0.4, 0.5) is 5.69 Å². The van der Waals surface area contributed by atoms with E-state index in [-0.39, 0.29) is 24.0 Å². The quantitative estimate of drug-likeness (QED) is 0.0393. The first kappa shape index (κ1) is 39.7. The summed E-state index contributed by atoms with van der Waals surface area (Å²) in [6.45, 7) is 7.56. The molecule has 2 aliphatic rings. The van der Waals surface area contributed by atoms with E-state index in [0.29, 0.717) is 124 Å². The third-order valence-electron chi connectivity index (χ3n) is 7.03. The molecule has 18 nitrogen and oxygen atoms in total. The lowest BCUT2D eigenvalue weighted by atomic mass is 10.0. The van der Waals surface area contributed by atoms with E-state index >= 15 is 0 Å². The standard InChI is InChI=1S/C31H46N6O12/c32-36-34-7-9-43-11-13-45-15-17-47-19-21-49-23-22-48-20-18-46-16-14-44-12-10-42-8-6-33-25-3-1-2-24-28(25)31(41)37(30(24)40)26-4-5-27(38)35-29(26)39/h1-3,26,33H,4-23H2,(H,35,38,39). The Morgan fingerprint density at radius 2 is 1.20 bits per heavy atom. The molecule has 49 heavy (non-hydrogen) atoms. The molecule has 1 unspecified atom stereocenters. The van der Waals surface area contributed by atoms with Gasteiger partial charge in [-0.05, 0) is 24.1 Å². The summed E-state index contributed by atoms with van der Waals surface area (Å²) in [5.74, 6) is -2.18. The number of ether oxygens (including phenoxy) is 8. The molecule has 1 aromatic rings. The van der Waals surface area contributed by atoms with E-state index < -0.39 is 29.7 Å². The van der Waals surface area contributed by atoms with Crippen LogP contribution in [-0.4, -0.2) is 153 Å². The van der Waals surface area contributed by atoms with Gasteiger partial charge in [-0.15, -0.1) is 0 Å². The third kappa shape index (κ3) is 14.7. The molecular formula is C31H46N6O12. The van der Waals surface area contributed by atoms with Crippen molar-refractivity contribution in [3.05, 3.63) is 39.8 Å². The number of nitrogens with zero attached hydrogens (tertiary/aromatic N) is 4. The van der Waals surface area contributed by atoms with Gasteiger partial charge in [0.25, 0.3) is 11.8 Å². The van der Waals surface area contributed by atoms with Crippen molar-refractivity contribution in [2.24, 2.45) is 5.11 Å². The molecule has 2 heterocycles. The first-order chi connectivity index (χ1) is 24.0. The maximum Gasteiger partial charge on any atom is 0.264 e. The fourth-order valence-electron chi connectivity index (χ4n) is 4.71. The molecule has 0 radical (unpaired) electrons. The van der Waals surface area contributed by atoms with Crippen LogP contribution in [0.1, 0.15) is 33.6 Å². The average Bonchev–Trinajstić information content (AvgIpc) is 3.35. The van der Waals surface area contributed by atoms with Crippen molar-refractivity contribution < 1.29 is 57.1 Å². The Morgan fingerprint density at radius 1 is 0.714 bits per heavy atom. The van der Waals surface area contributed by atoms with Gasteiger partial charge in [-0.3, -0.25) is 29.4 Å². The SMILES string of the molecule is [N-]=[N+]=NCCOCCOCCOCCOCCOCCOCCOCCOCCNc1cccc2c1C(=O)N(C1CCC(=O)NC1=O)C2=O. The lowest BCUT2D eigenvalue weighted by Gasteiger charge is -2.27. The molecule has 18 heteroatoms. The van der Waals surface area contributed by atoms with E-state index in [2.05, 4.69) is 20.7 Å². The van der Waals surface area contributed by atoms with Gasteiger partial charge >= 0.3 is 0 Å². The number of carbonyl (C=O) groups is 4. The predicted octanol–water partition coefficient (Wildman–Crippen LogP) is 0.943. The van der Waals surface area contributed by atoms with Crippen molar-refractivity contribution in [2.75, 3.05) is 124 Å². The van der Waals surface area contributed by atoms with Crippen LogP contribution in [0.2, 0.25) is 0 Å². The zero-order chi connectivity index (χ0) is 34.9. The van der Waals surface area contributed by atoms with Gasteiger partial charge in [0.05, 0.1) is 117 Å². The van der Waals surface area contributed by atoms with E-state index in [1.807, 2.05) is 0 Å². The minimum Gasteiger partial charge on any atom is -0.382 e. The number of piperidine rings is 1. The number of hydrogen-bond donors (Lipinski definition) is 2. The number of hydrogen-bond acceptors (Lipinski definition) is 14. The second-order valence-corrected chi connectivity index (χ2v) is 10.5. The van der Waals surface area contributed by atoms with E-state index in [1.54, 1.807) is 18.2 Å². The number of carbonyl (C=O) groups excluding carboxylic acids is 4. The van der Waals surface area contributed by atoms with Crippen LogP contribution in [0.3, 0.4) is 0 Å². The van der Waals surface area contributed by atoms with Gasteiger partial charge in [-0.2, -0.15) is 0 Å². The molecule has 4 amide bonds. The Balaban J connectivity index is 1.07.